The van der Waals surface area contributed by atoms with Crippen LogP contribution in [0.1, 0.15) is 0 Å². The summed E-state index contributed by atoms with van der Waals surface area (Å²) in [7, 11) is 0. The summed E-state index contributed by atoms with van der Waals surface area (Å²) in [6.45, 7) is -0.222. The Labute approximate surface area is 62.5 Å². The molecule has 0 unspecified atom stereocenters. The van der Waals surface area contributed by atoms with Crippen molar-refractivity contribution in [3.05, 3.63) is 0 Å². The smallest absolute Gasteiger partial charge is 0.128 e. The van der Waals surface area contributed by atoms with Crippen LogP contribution in [0.25, 0.3) is 0 Å². The maximum absolute atomic E-state index is 9.04. The molecule has 1 rings (SSSR count). The van der Waals surface area contributed by atoms with Crippen LogP contribution in [0.15, 0.2) is 0 Å². The van der Waals surface area contributed by atoms with E-state index in [4.69, 9.17) is 20.4 Å². The van der Waals surface area contributed by atoms with Crippen molar-refractivity contribution in [2.24, 2.45) is 0 Å². The summed E-state index contributed by atoms with van der Waals surface area (Å²) < 4.78 is 0. The van der Waals surface area contributed by atoms with E-state index >= 15 is 0 Å². The normalized spacial score (nSPS) is 48.0. The second kappa shape index (κ2) is 3.06. The van der Waals surface area contributed by atoms with Gasteiger partial charge in [-0.15, -0.1) is 11.8 Å². The molecule has 4 atom stereocenters. The van der Waals surface area contributed by atoms with Gasteiger partial charge in [0, 0.05) is 0 Å². The summed E-state index contributed by atoms with van der Waals surface area (Å²) in [5, 5.41) is 35.0. The number of aliphatic hydroxyl groups is 4. The molecule has 1 heterocycles. The summed E-state index contributed by atoms with van der Waals surface area (Å²) >= 11 is 0.987. The Morgan fingerprint density at radius 3 is 1.90 bits per heavy atom. The number of aliphatic hydroxyl groups excluding tert-OH is 4. The number of rotatable bonds is 1. The molecule has 0 aromatic carbocycles. The molecule has 0 bridgehead atoms. The van der Waals surface area contributed by atoms with E-state index in [1.807, 2.05) is 0 Å². The largest absolute Gasteiger partial charge is 0.395 e. The number of hydrogen-bond acceptors (Lipinski definition) is 5. The van der Waals surface area contributed by atoms with Crippen molar-refractivity contribution in [2.45, 2.75) is 22.9 Å². The van der Waals surface area contributed by atoms with Gasteiger partial charge in [-0.05, 0) is 0 Å². The third kappa shape index (κ3) is 1.28. The summed E-state index contributed by atoms with van der Waals surface area (Å²) in [5.74, 6) is 0. The number of thioether (sulfide) groups is 1. The Bertz CT molecular complexity index is 120. The second-order valence-electron chi connectivity index (χ2n) is 2.23. The van der Waals surface area contributed by atoms with E-state index in [2.05, 4.69) is 0 Å². The van der Waals surface area contributed by atoms with Crippen LogP contribution >= 0.6 is 11.8 Å². The average Bonchev–Trinajstić information content (AvgIpc) is 2.17. The van der Waals surface area contributed by atoms with E-state index in [1.54, 1.807) is 0 Å². The van der Waals surface area contributed by atoms with E-state index in [-0.39, 0.29) is 6.61 Å². The second-order valence-corrected chi connectivity index (χ2v) is 3.59. The average molecular weight is 166 g/mol. The molecule has 0 spiro atoms. The van der Waals surface area contributed by atoms with Gasteiger partial charge < -0.3 is 20.4 Å². The third-order valence-corrected chi connectivity index (χ3v) is 2.85. The summed E-state index contributed by atoms with van der Waals surface area (Å²) in [4.78, 5) is 0. The minimum absolute atomic E-state index is 0.222. The van der Waals surface area contributed by atoms with Crippen molar-refractivity contribution >= 4 is 11.8 Å². The van der Waals surface area contributed by atoms with Crippen LogP contribution in [-0.4, -0.2) is 49.9 Å². The molecule has 0 aromatic heterocycles. The standard InChI is InChI=1S/C5H10O4S/c6-1-2-3(7)4(8)5(9)10-2/h2-9H,1H2/t2-,3-,4-,5-/m0/s1. The topological polar surface area (TPSA) is 80.9 Å². The Morgan fingerprint density at radius 1 is 1.10 bits per heavy atom. The zero-order valence-electron chi connectivity index (χ0n) is 5.21. The molecule has 1 aliphatic heterocycles. The fourth-order valence-electron chi connectivity index (χ4n) is 0.880. The van der Waals surface area contributed by atoms with Crippen molar-refractivity contribution in [3.8, 4) is 0 Å². The minimum Gasteiger partial charge on any atom is -0.395 e. The van der Waals surface area contributed by atoms with Gasteiger partial charge in [-0.3, -0.25) is 0 Å². The van der Waals surface area contributed by atoms with E-state index in [1.165, 1.54) is 0 Å². The molecule has 10 heavy (non-hydrogen) atoms. The summed E-state index contributed by atoms with van der Waals surface area (Å²) in [6, 6.07) is 0. The van der Waals surface area contributed by atoms with Crippen molar-refractivity contribution in [2.75, 3.05) is 6.61 Å². The fourth-order valence-corrected chi connectivity index (χ4v) is 1.97. The lowest BCUT2D eigenvalue weighted by Crippen LogP contribution is -2.33. The molecule has 4 N–H and O–H groups in total. The molecule has 0 aromatic rings. The molecule has 60 valence electrons. The van der Waals surface area contributed by atoms with Crippen LogP contribution in [-0.2, 0) is 0 Å². The van der Waals surface area contributed by atoms with Crippen LogP contribution in [0.5, 0.6) is 0 Å². The maximum Gasteiger partial charge on any atom is 0.128 e. The van der Waals surface area contributed by atoms with Crippen molar-refractivity contribution in [3.63, 3.8) is 0 Å². The lowest BCUT2D eigenvalue weighted by molar-refractivity contribution is -0.0181. The minimum atomic E-state index is -1.12. The van der Waals surface area contributed by atoms with Crippen LogP contribution in [0.4, 0.5) is 0 Å². The molecular formula is C5H10O4S. The number of hydrogen-bond donors (Lipinski definition) is 4. The summed E-state index contributed by atoms with van der Waals surface area (Å²) in [5.41, 5.74) is -0.966. The van der Waals surface area contributed by atoms with E-state index in [0.29, 0.717) is 0 Å². The molecule has 0 aliphatic carbocycles. The first-order chi connectivity index (χ1) is 4.66. The first-order valence-electron chi connectivity index (χ1n) is 2.97. The molecule has 1 aliphatic rings. The maximum atomic E-state index is 9.04. The third-order valence-electron chi connectivity index (χ3n) is 1.52. The highest BCUT2D eigenvalue weighted by Gasteiger charge is 2.40. The first-order valence-corrected chi connectivity index (χ1v) is 3.91. The monoisotopic (exact) mass is 166 g/mol. The van der Waals surface area contributed by atoms with Gasteiger partial charge in [0.2, 0.25) is 0 Å². The van der Waals surface area contributed by atoms with Gasteiger partial charge in [0.05, 0.1) is 18.0 Å². The lowest BCUT2D eigenvalue weighted by Gasteiger charge is -2.11. The Balaban J connectivity index is 2.53. The predicted octanol–water partition coefficient (Wildman–Crippen LogP) is -1.87. The molecule has 0 radical (unpaired) electrons. The van der Waals surface area contributed by atoms with Crippen molar-refractivity contribution < 1.29 is 20.4 Å². The Hall–Kier alpha value is 0.190. The van der Waals surface area contributed by atoms with Gasteiger partial charge in [0.1, 0.15) is 11.5 Å². The molecule has 4 nitrogen and oxygen atoms in total. The zero-order chi connectivity index (χ0) is 7.72. The summed E-state index contributed by atoms with van der Waals surface area (Å²) in [6.07, 6.45) is -2.13. The van der Waals surface area contributed by atoms with Crippen molar-refractivity contribution in [1.29, 1.82) is 0 Å². The van der Waals surface area contributed by atoms with Crippen LogP contribution in [0.2, 0.25) is 0 Å². The molecule has 0 saturated carbocycles. The highest BCUT2D eigenvalue weighted by atomic mass is 32.2. The highest BCUT2D eigenvalue weighted by molar-refractivity contribution is 8.00. The quantitative estimate of drug-likeness (QED) is 0.367. The van der Waals surface area contributed by atoms with Crippen molar-refractivity contribution in [1.82, 2.24) is 0 Å². The molecule has 1 fully saturated rings. The molecule has 1 saturated heterocycles. The Morgan fingerprint density at radius 2 is 1.70 bits per heavy atom. The van der Waals surface area contributed by atoms with E-state index in [9.17, 15) is 0 Å². The van der Waals surface area contributed by atoms with Gasteiger partial charge >= 0.3 is 0 Å². The van der Waals surface area contributed by atoms with Gasteiger partial charge in [0.15, 0.2) is 0 Å². The van der Waals surface area contributed by atoms with Crippen LogP contribution in [0.3, 0.4) is 0 Å². The fraction of sp³-hybridized carbons (Fsp3) is 1.00. The predicted molar refractivity (Wildman–Crippen MR) is 36.5 cm³/mol. The zero-order valence-corrected chi connectivity index (χ0v) is 6.03. The van der Waals surface area contributed by atoms with Gasteiger partial charge in [0.25, 0.3) is 0 Å². The van der Waals surface area contributed by atoms with E-state index in [0.717, 1.165) is 11.8 Å². The molecular weight excluding hydrogens is 156 g/mol. The van der Waals surface area contributed by atoms with Gasteiger partial charge in [-0.1, -0.05) is 0 Å². The van der Waals surface area contributed by atoms with E-state index < -0.39 is 22.9 Å². The highest BCUT2D eigenvalue weighted by Crippen LogP contribution is 2.32. The van der Waals surface area contributed by atoms with Gasteiger partial charge in [-0.2, -0.15) is 0 Å². The Kier molecular flexibility index (Phi) is 2.54. The van der Waals surface area contributed by atoms with Crippen LogP contribution in [0, 0.1) is 0 Å². The molecule has 5 heteroatoms. The SMILES string of the molecule is OC[C@@H]1S[C@H](O)[C@@H](O)[C@H]1O. The first kappa shape index (κ1) is 8.29. The van der Waals surface area contributed by atoms with Gasteiger partial charge in [-0.25, -0.2) is 0 Å². The van der Waals surface area contributed by atoms with Crippen LogP contribution < -0.4 is 0 Å². The lowest BCUT2D eigenvalue weighted by atomic mass is 10.1. The molecule has 0 amide bonds.